The molecule has 0 bridgehead atoms. The molecule has 1 aliphatic carbocycles. The van der Waals surface area contributed by atoms with Gasteiger partial charge in [0.2, 0.25) is 5.91 Å². The summed E-state index contributed by atoms with van der Waals surface area (Å²) in [6, 6.07) is 4.40. The van der Waals surface area contributed by atoms with Crippen molar-refractivity contribution >= 4 is 12.0 Å². The van der Waals surface area contributed by atoms with Crippen LogP contribution in [0.25, 0.3) is 6.08 Å². The average Bonchev–Trinajstić information content (AvgIpc) is 3.20. The lowest BCUT2D eigenvalue weighted by Gasteiger charge is -2.25. The van der Waals surface area contributed by atoms with E-state index >= 15 is 0 Å². The number of hydrogen-bond donors (Lipinski definition) is 0. The number of likely N-dealkylation sites (N-methyl/N-ethyl adjacent to an activating group) is 1. The summed E-state index contributed by atoms with van der Waals surface area (Å²) in [4.78, 5) is 16.8. The van der Waals surface area contributed by atoms with Crippen LogP contribution in [0.4, 0.5) is 0 Å². The number of furan rings is 1. The quantitative estimate of drug-likeness (QED) is 0.807. The lowest BCUT2D eigenvalue weighted by Crippen LogP contribution is -2.35. The molecular formula is C19H28N2O2. The van der Waals surface area contributed by atoms with Crippen molar-refractivity contribution in [1.82, 2.24) is 9.80 Å². The molecule has 1 aromatic heterocycles. The SMILES string of the molecule is C/C(=C\c1ccco1)CN(C)CC1CC(=O)N(C2CCCC2)C1. The number of likely N-dealkylation sites (tertiary alicyclic amines) is 1. The summed E-state index contributed by atoms with van der Waals surface area (Å²) in [7, 11) is 2.14. The topological polar surface area (TPSA) is 36.7 Å². The first-order valence-corrected chi connectivity index (χ1v) is 8.80. The second-order valence-corrected chi connectivity index (χ2v) is 7.26. The van der Waals surface area contributed by atoms with E-state index in [-0.39, 0.29) is 0 Å². The van der Waals surface area contributed by atoms with E-state index in [0.717, 1.165) is 31.8 Å². The second kappa shape index (κ2) is 7.35. The van der Waals surface area contributed by atoms with Crippen LogP contribution in [0.2, 0.25) is 0 Å². The van der Waals surface area contributed by atoms with E-state index in [1.165, 1.54) is 31.3 Å². The summed E-state index contributed by atoms with van der Waals surface area (Å²) >= 11 is 0. The molecule has 2 aliphatic rings. The number of rotatable bonds is 6. The summed E-state index contributed by atoms with van der Waals surface area (Å²) in [5, 5.41) is 0. The lowest BCUT2D eigenvalue weighted by atomic mass is 10.1. The summed E-state index contributed by atoms with van der Waals surface area (Å²) in [5.41, 5.74) is 1.28. The molecule has 1 aromatic rings. The molecule has 1 saturated carbocycles. The van der Waals surface area contributed by atoms with Crippen molar-refractivity contribution < 1.29 is 9.21 Å². The van der Waals surface area contributed by atoms with E-state index in [4.69, 9.17) is 4.42 Å². The minimum Gasteiger partial charge on any atom is -0.465 e. The molecule has 4 heteroatoms. The highest BCUT2D eigenvalue weighted by Gasteiger charge is 2.35. The fourth-order valence-corrected chi connectivity index (χ4v) is 4.09. The highest BCUT2D eigenvalue weighted by atomic mass is 16.3. The van der Waals surface area contributed by atoms with Crippen molar-refractivity contribution in [3.05, 3.63) is 29.7 Å². The Labute approximate surface area is 139 Å². The number of amides is 1. The van der Waals surface area contributed by atoms with Crippen molar-refractivity contribution in [1.29, 1.82) is 0 Å². The largest absolute Gasteiger partial charge is 0.465 e. The van der Waals surface area contributed by atoms with Gasteiger partial charge < -0.3 is 14.2 Å². The predicted octanol–water partition coefficient (Wildman–Crippen LogP) is 3.41. The van der Waals surface area contributed by atoms with Crippen LogP contribution < -0.4 is 0 Å². The van der Waals surface area contributed by atoms with Gasteiger partial charge >= 0.3 is 0 Å². The predicted molar refractivity (Wildman–Crippen MR) is 91.9 cm³/mol. The van der Waals surface area contributed by atoms with Gasteiger partial charge in [-0.25, -0.2) is 0 Å². The Kier molecular flexibility index (Phi) is 5.21. The van der Waals surface area contributed by atoms with Crippen LogP contribution in [0.3, 0.4) is 0 Å². The molecule has 3 rings (SSSR count). The maximum atomic E-state index is 12.3. The summed E-state index contributed by atoms with van der Waals surface area (Å²) in [5.74, 6) is 1.75. The maximum Gasteiger partial charge on any atom is 0.223 e. The number of carbonyl (C=O) groups is 1. The number of nitrogens with zero attached hydrogens (tertiary/aromatic N) is 2. The first-order chi connectivity index (χ1) is 11.1. The smallest absolute Gasteiger partial charge is 0.223 e. The van der Waals surface area contributed by atoms with Gasteiger partial charge in [0.05, 0.1) is 6.26 Å². The van der Waals surface area contributed by atoms with Gasteiger partial charge in [-0.2, -0.15) is 0 Å². The van der Waals surface area contributed by atoms with E-state index in [9.17, 15) is 4.79 Å². The molecule has 1 saturated heterocycles. The van der Waals surface area contributed by atoms with E-state index in [1.807, 2.05) is 12.1 Å². The number of hydrogen-bond acceptors (Lipinski definition) is 3. The Bertz CT molecular complexity index is 544. The molecule has 2 fully saturated rings. The molecule has 1 amide bonds. The van der Waals surface area contributed by atoms with Crippen molar-refractivity contribution in [2.24, 2.45) is 5.92 Å². The van der Waals surface area contributed by atoms with Gasteiger partial charge in [-0.3, -0.25) is 4.79 Å². The molecular weight excluding hydrogens is 288 g/mol. The summed E-state index contributed by atoms with van der Waals surface area (Å²) in [6.07, 6.45) is 9.50. The average molecular weight is 316 g/mol. The standard InChI is InChI=1S/C19H28N2O2/c1-15(10-18-8-5-9-23-18)12-20(2)13-16-11-19(22)21(14-16)17-6-3-4-7-17/h5,8-10,16-17H,3-4,6-7,11-14H2,1-2H3/b15-10+. The fraction of sp³-hybridized carbons (Fsp3) is 0.632. The van der Waals surface area contributed by atoms with Crippen molar-refractivity contribution in [3.8, 4) is 0 Å². The van der Waals surface area contributed by atoms with Gasteiger partial charge in [-0.15, -0.1) is 0 Å². The zero-order valence-corrected chi connectivity index (χ0v) is 14.3. The highest BCUT2D eigenvalue weighted by molar-refractivity contribution is 5.79. The molecule has 1 atom stereocenters. The molecule has 4 nitrogen and oxygen atoms in total. The van der Waals surface area contributed by atoms with Crippen LogP contribution >= 0.6 is 0 Å². The fourth-order valence-electron chi connectivity index (χ4n) is 4.09. The van der Waals surface area contributed by atoms with Gasteiger partial charge in [-0.1, -0.05) is 18.4 Å². The van der Waals surface area contributed by atoms with E-state index in [0.29, 0.717) is 17.9 Å². The molecule has 1 aliphatic heterocycles. The molecule has 23 heavy (non-hydrogen) atoms. The van der Waals surface area contributed by atoms with Crippen LogP contribution in [0.1, 0.15) is 44.8 Å². The van der Waals surface area contributed by atoms with E-state index in [1.54, 1.807) is 6.26 Å². The zero-order chi connectivity index (χ0) is 16.2. The Balaban J connectivity index is 1.48. The number of carbonyl (C=O) groups excluding carboxylic acids is 1. The Morgan fingerprint density at radius 1 is 1.43 bits per heavy atom. The Morgan fingerprint density at radius 3 is 2.91 bits per heavy atom. The Hall–Kier alpha value is -1.55. The molecule has 126 valence electrons. The molecule has 0 radical (unpaired) electrons. The third-order valence-electron chi connectivity index (χ3n) is 5.03. The third kappa shape index (κ3) is 4.25. The minimum absolute atomic E-state index is 0.373. The molecule has 2 heterocycles. The second-order valence-electron chi connectivity index (χ2n) is 7.26. The first-order valence-electron chi connectivity index (χ1n) is 8.80. The van der Waals surface area contributed by atoms with Gasteiger partial charge in [0.25, 0.3) is 0 Å². The summed E-state index contributed by atoms with van der Waals surface area (Å²) < 4.78 is 5.36. The van der Waals surface area contributed by atoms with Crippen LogP contribution in [0, 0.1) is 5.92 Å². The van der Waals surface area contributed by atoms with Crippen molar-refractivity contribution in [2.75, 3.05) is 26.7 Å². The van der Waals surface area contributed by atoms with Gasteiger partial charge in [-0.05, 0) is 50.9 Å². The maximum absolute atomic E-state index is 12.3. The van der Waals surface area contributed by atoms with Crippen molar-refractivity contribution in [3.63, 3.8) is 0 Å². The third-order valence-corrected chi connectivity index (χ3v) is 5.03. The monoisotopic (exact) mass is 316 g/mol. The van der Waals surface area contributed by atoms with Crippen LogP contribution in [-0.4, -0.2) is 48.4 Å². The first kappa shape index (κ1) is 16.3. The van der Waals surface area contributed by atoms with Crippen LogP contribution in [-0.2, 0) is 4.79 Å². The van der Waals surface area contributed by atoms with Gasteiger partial charge in [0.1, 0.15) is 5.76 Å². The highest BCUT2D eigenvalue weighted by Crippen LogP contribution is 2.29. The van der Waals surface area contributed by atoms with Gasteiger partial charge in [0.15, 0.2) is 0 Å². The Morgan fingerprint density at radius 2 is 2.22 bits per heavy atom. The normalized spacial score (nSPS) is 23.4. The summed E-state index contributed by atoms with van der Waals surface area (Å²) in [6.45, 7) is 4.98. The molecule has 1 unspecified atom stereocenters. The van der Waals surface area contributed by atoms with Crippen LogP contribution in [0.5, 0.6) is 0 Å². The van der Waals surface area contributed by atoms with Crippen molar-refractivity contribution in [2.45, 2.75) is 45.1 Å². The van der Waals surface area contributed by atoms with E-state index < -0.39 is 0 Å². The van der Waals surface area contributed by atoms with Gasteiger partial charge in [0, 0.05) is 32.1 Å². The lowest BCUT2D eigenvalue weighted by molar-refractivity contribution is -0.129. The molecule has 0 aromatic carbocycles. The molecule has 0 spiro atoms. The van der Waals surface area contributed by atoms with Crippen LogP contribution in [0.15, 0.2) is 28.4 Å². The zero-order valence-electron chi connectivity index (χ0n) is 14.3. The van der Waals surface area contributed by atoms with E-state index in [2.05, 4.69) is 29.8 Å². The molecule has 0 N–H and O–H groups in total. The minimum atomic E-state index is 0.373.